The van der Waals surface area contributed by atoms with Crippen molar-refractivity contribution in [3.63, 3.8) is 0 Å². The number of rotatable bonds is 8. The topological polar surface area (TPSA) is 84.0 Å². The smallest absolute Gasteiger partial charge is 0.239 e. The third-order valence-electron chi connectivity index (χ3n) is 3.10. The van der Waals surface area contributed by atoms with Gasteiger partial charge in [0.25, 0.3) is 0 Å². The second-order valence-corrected chi connectivity index (χ2v) is 6.53. The van der Waals surface area contributed by atoms with Gasteiger partial charge in [-0.25, -0.2) is 0 Å². The Kier molecular flexibility index (Phi) is 8.60. The molecule has 0 heterocycles. The van der Waals surface area contributed by atoms with Crippen molar-refractivity contribution in [1.82, 2.24) is 16.0 Å². The molecule has 7 heteroatoms. The van der Waals surface area contributed by atoms with Crippen LogP contribution >= 0.6 is 0 Å². The van der Waals surface area contributed by atoms with Crippen molar-refractivity contribution in [2.45, 2.75) is 32.7 Å². The van der Waals surface area contributed by atoms with Crippen LogP contribution in [0.4, 0.5) is 0 Å². The molecule has 0 spiro atoms. The van der Waals surface area contributed by atoms with E-state index in [1.54, 1.807) is 14.2 Å². The van der Waals surface area contributed by atoms with Crippen LogP contribution in [-0.4, -0.2) is 51.3 Å². The Bertz CT molecular complexity index is 550. The van der Waals surface area contributed by atoms with Gasteiger partial charge in [0.2, 0.25) is 5.91 Å². The largest absolute Gasteiger partial charge is 0.497 e. The van der Waals surface area contributed by atoms with Crippen molar-refractivity contribution in [2.75, 3.05) is 33.9 Å². The standard InChI is InChI=1S/C18H30N4O3/c1-18(2,3)22-16(23)13-21-17(19-4)20-11-6-12-25-15-9-7-14(24-5)8-10-15/h7-10H,6,11-13H2,1-5H3,(H,22,23)(H2,19,20,21). The van der Waals surface area contributed by atoms with E-state index in [0.29, 0.717) is 19.1 Å². The van der Waals surface area contributed by atoms with Gasteiger partial charge >= 0.3 is 0 Å². The molecule has 0 fully saturated rings. The number of nitrogens with zero attached hydrogens (tertiary/aromatic N) is 1. The predicted molar refractivity (Wildman–Crippen MR) is 100 cm³/mol. The number of ether oxygens (including phenoxy) is 2. The molecule has 0 bridgehead atoms. The summed E-state index contributed by atoms with van der Waals surface area (Å²) < 4.78 is 10.8. The zero-order valence-electron chi connectivity index (χ0n) is 15.8. The van der Waals surface area contributed by atoms with E-state index < -0.39 is 0 Å². The fraction of sp³-hybridized carbons (Fsp3) is 0.556. The summed E-state index contributed by atoms with van der Waals surface area (Å²) in [5.41, 5.74) is -0.242. The van der Waals surface area contributed by atoms with E-state index in [0.717, 1.165) is 17.9 Å². The third-order valence-corrected chi connectivity index (χ3v) is 3.10. The van der Waals surface area contributed by atoms with Crippen LogP contribution in [0.25, 0.3) is 0 Å². The Hall–Kier alpha value is -2.44. The molecule has 0 saturated heterocycles. The lowest BCUT2D eigenvalue weighted by Gasteiger charge is -2.21. The summed E-state index contributed by atoms with van der Waals surface area (Å²) in [6.07, 6.45) is 0.806. The Balaban J connectivity index is 2.19. The van der Waals surface area contributed by atoms with E-state index in [1.807, 2.05) is 45.0 Å². The molecular formula is C18H30N4O3. The molecular weight excluding hydrogens is 320 g/mol. The number of hydrogen-bond donors (Lipinski definition) is 3. The molecule has 0 aromatic heterocycles. The number of benzene rings is 1. The average Bonchev–Trinajstić information content (AvgIpc) is 2.56. The molecule has 0 radical (unpaired) electrons. The second-order valence-electron chi connectivity index (χ2n) is 6.53. The SMILES string of the molecule is CN=C(NCCCOc1ccc(OC)cc1)NCC(=O)NC(C)(C)C. The zero-order chi connectivity index (χ0) is 18.7. The first-order chi connectivity index (χ1) is 11.8. The summed E-state index contributed by atoms with van der Waals surface area (Å²) in [5.74, 6) is 2.13. The summed E-state index contributed by atoms with van der Waals surface area (Å²) in [4.78, 5) is 15.9. The maximum absolute atomic E-state index is 11.8. The van der Waals surface area contributed by atoms with Gasteiger partial charge in [-0.1, -0.05) is 0 Å². The molecule has 1 amide bonds. The van der Waals surface area contributed by atoms with Gasteiger partial charge in [0, 0.05) is 19.1 Å². The Morgan fingerprint density at radius 1 is 1.12 bits per heavy atom. The lowest BCUT2D eigenvalue weighted by molar-refractivity contribution is -0.121. The first-order valence-electron chi connectivity index (χ1n) is 8.36. The number of carbonyl (C=O) groups excluding carboxylic acids is 1. The number of amides is 1. The van der Waals surface area contributed by atoms with Crippen molar-refractivity contribution in [3.8, 4) is 11.5 Å². The summed E-state index contributed by atoms with van der Waals surface area (Å²) in [5, 5.41) is 9.02. The van der Waals surface area contributed by atoms with Gasteiger partial charge in [0.15, 0.2) is 5.96 Å². The van der Waals surface area contributed by atoms with Gasteiger partial charge in [-0.15, -0.1) is 0 Å². The van der Waals surface area contributed by atoms with Crippen molar-refractivity contribution in [1.29, 1.82) is 0 Å². The van der Waals surface area contributed by atoms with Crippen LogP contribution in [-0.2, 0) is 4.79 Å². The number of methoxy groups -OCH3 is 1. The maximum Gasteiger partial charge on any atom is 0.239 e. The number of nitrogens with one attached hydrogen (secondary N) is 3. The van der Waals surface area contributed by atoms with Crippen LogP contribution in [0.15, 0.2) is 29.3 Å². The molecule has 0 saturated carbocycles. The summed E-state index contributed by atoms with van der Waals surface area (Å²) in [6.45, 7) is 7.29. The van der Waals surface area contributed by atoms with Crippen LogP contribution in [0.3, 0.4) is 0 Å². The molecule has 7 nitrogen and oxygen atoms in total. The first-order valence-corrected chi connectivity index (χ1v) is 8.36. The number of aliphatic imine (C=N–C) groups is 1. The zero-order valence-corrected chi connectivity index (χ0v) is 15.8. The van der Waals surface area contributed by atoms with E-state index in [-0.39, 0.29) is 18.0 Å². The molecule has 1 aromatic carbocycles. The fourth-order valence-corrected chi connectivity index (χ4v) is 1.99. The van der Waals surface area contributed by atoms with Gasteiger partial charge in [0.05, 0.1) is 20.3 Å². The molecule has 0 aliphatic carbocycles. The third kappa shape index (κ3) is 9.44. The van der Waals surface area contributed by atoms with Gasteiger partial charge < -0.3 is 25.4 Å². The number of carbonyl (C=O) groups is 1. The second kappa shape index (κ2) is 10.4. The predicted octanol–water partition coefficient (Wildman–Crippen LogP) is 1.54. The first kappa shape index (κ1) is 20.6. The number of hydrogen-bond acceptors (Lipinski definition) is 4. The summed E-state index contributed by atoms with van der Waals surface area (Å²) in [6, 6.07) is 7.48. The minimum absolute atomic E-state index is 0.0710. The highest BCUT2D eigenvalue weighted by atomic mass is 16.5. The van der Waals surface area contributed by atoms with E-state index in [1.165, 1.54) is 0 Å². The lowest BCUT2D eigenvalue weighted by Crippen LogP contribution is -2.48. The summed E-state index contributed by atoms with van der Waals surface area (Å²) in [7, 11) is 3.31. The summed E-state index contributed by atoms with van der Waals surface area (Å²) >= 11 is 0. The Morgan fingerprint density at radius 3 is 2.32 bits per heavy atom. The van der Waals surface area contributed by atoms with Crippen molar-refractivity contribution in [2.24, 2.45) is 4.99 Å². The molecule has 3 N–H and O–H groups in total. The normalized spacial score (nSPS) is 11.6. The molecule has 0 unspecified atom stereocenters. The van der Waals surface area contributed by atoms with Crippen molar-refractivity contribution < 1.29 is 14.3 Å². The Morgan fingerprint density at radius 2 is 1.76 bits per heavy atom. The molecule has 0 aliphatic rings. The van der Waals surface area contributed by atoms with Crippen LogP contribution in [0.5, 0.6) is 11.5 Å². The van der Waals surface area contributed by atoms with E-state index in [4.69, 9.17) is 9.47 Å². The van der Waals surface area contributed by atoms with E-state index >= 15 is 0 Å². The quantitative estimate of drug-likeness (QED) is 0.376. The van der Waals surface area contributed by atoms with Crippen molar-refractivity contribution >= 4 is 11.9 Å². The van der Waals surface area contributed by atoms with Gasteiger partial charge in [-0.2, -0.15) is 0 Å². The fourth-order valence-electron chi connectivity index (χ4n) is 1.99. The van der Waals surface area contributed by atoms with Gasteiger partial charge in [-0.05, 0) is 51.5 Å². The molecule has 0 atom stereocenters. The highest BCUT2D eigenvalue weighted by molar-refractivity contribution is 5.86. The van der Waals surface area contributed by atoms with Crippen LogP contribution in [0.2, 0.25) is 0 Å². The van der Waals surface area contributed by atoms with E-state index in [9.17, 15) is 4.79 Å². The molecule has 1 aromatic rings. The van der Waals surface area contributed by atoms with Gasteiger partial charge in [-0.3, -0.25) is 9.79 Å². The molecule has 140 valence electrons. The minimum atomic E-state index is -0.242. The Labute approximate surface area is 150 Å². The number of guanidine groups is 1. The van der Waals surface area contributed by atoms with Crippen LogP contribution < -0.4 is 25.4 Å². The van der Waals surface area contributed by atoms with Gasteiger partial charge in [0.1, 0.15) is 11.5 Å². The lowest BCUT2D eigenvalue weighted by atomic mass is 10.1. The highest BCUT2D eigenvalue weighted by Gasteiger charge is 2.13. The van der Waals surface area contributed by atoms with Crippen molar-refractivity contribution in [3.05, 3.63) is 24.3 Å². The van der Waals surface area contributed by atoms with Crippen LogP contribution in [0.1, 0.15) is 27.2 Å². The molecule has 0 aliphatic heterocycles. The monoisotopic (exact) mass is 350 g/mol. The highest BCUT2D eigenvalue weighted by Crippen LogP contribution is 2.16. The van der Waals surface area contributed by atoms with Crippen LogP contribution in [0, 0.1) is 0 Å². The minimum Gasteiger partial charge on any atom is -0.497 e. The molecule has 25 heavy (non-hydrogen) atoms. The molecule has 1 rings (SSSR count). The average molecular weight is 350 g/mol. The van der Waals surface area contributed by atoms with E-state index in [2.05, 4.69) is 20.9 Å². The maximum atomic E-state index is 11.8.